The summed E-state index contributed by atoms with van der Waals surface area (Å²) in [5.74, 6) is 0.331. The zero-order valence-electron chi connectivity index (χ0n) is 20.0. The van der Waals surface area contributed by atoms with E-state index in [1.54, 1.807) is 23.8 Å². The van der Waals surface area contributed by atoms with E-state index in [1.807, 2.05) is 37.3 Å². The van der Waals surface area contributed by atoms with Crippen LogP contribution in [0.25, 0.3) is 0 Å². The topological polar surface area (TPSA) is 57.9 Å². The summed E-state index contributed by atoms with van der Waals surface area (Å²) in [6.07, 6.45) is 0. The predicted octanol–water partition coefficient (Wildman–Crippen LogP) is 3.79. The summed E-state index contributed by atoms with van der Waals surface area (Å²) in [5.41, 5.74) is 2.30. The fourth-order valence-corrected chi connectivity index (χ4v) is 4.71. The monoisotopic (exact) mass is 465 g/mol. The van der Waals surface area contributed by atoms with Gasteiger partial charge in [0.25, 0.3) is 5.56 Å². The minimum absolute atomic E-state index is 0.0549. The van der Waals surface area contributed by atoms with E-state index in [1.165, 1.54) is 12.1 Å². The van der Waals surface area contributed by atoms with Gasteiger partial charge in [-0.3, -0.25) is 9.69 Å². The van der Waals surface area contributed by atoms with Gasteiger partial charge in [-0.25, -0.2) is 4.39 Å². The van der Waals surface area contributed by atoms with Gasteiger partial charge in [0.1, 0.15) is 17.3 Å². The molecule has 1 aliphatic heterocycles. The van der Waals surface area contributed by atoms with Crippen LogP contribution in [0.1, 0.15) is 35.3 Å². The van der Waals surface area contributed by atoms with Crippen LogP contribution in [-0.4, -0.2) is 59.3 Å². The molecule has 1 saturated heterocycles. The first kappa shape index (κ1) is 24.0. The van der Waals surface area contributed by atoms with Crippen LogP contribution in [-0.2, 0) is 6.54 Å². The number of methoxy groups -OCH3 is 1. The summed E-state index contributed by atoms with van der Waals surface area (Å²) in [6.45, 7) is 8.42. The van der Waals surface area contributed by atoms with E-state index in [0.717, 1.165) is 44.0 Å². The number of nitrogens with zero attached hydrogens (tertiary/aromatic N) is 3. The number of likely N-dealkylation sites (N-methyl/N-ethyl adjacent to an activating group) is 1. The number of rotatable bonds is 7. The zero-order valence-corrected chi connectivity index (χ0v) is 20.0. The molecule has 2 heterocycles. The quantitative estimate of drug-likeness (QED) is 0.576. The largest absolute Gasteiger partial charge is 0.507 e. The molecule has 180 valence electrons. The SMILES string of the molecule is CCN1CCN([C@@H](c2cccc(F)c2)c2c(O)cc(C)n(Cc3ccc(OC)cc3)c2=O)CC1. The Morgan fingerprint density at radius 3 is 2.38 bits per heavy atom. The normalized spacial score (nSPS) is 15.9. The number of halogens is 1. The average Bonchev–Trinajstić information content (AvgIpc) is 2.85. The fourth-order valence-electron chi connectivity index (χ4n) is 4.71. The standard InChI is InChI=1S/C27H32FN3O3/c1-4-29-12-14-30(15-13-29)26(21-6-5-7-22(28)17-21)25-24(32)16-19(2)31(27(25)33)18-20-8-10-23(34-3)11-9-20/h5-11,16-17,26,32H,4,12-15,18H2,1-3H3/t26-/m0/s1. The number of ether oxygens (including phenoxy) is 1. The second kappa shape index (κ2) is 10.4. The van der Waals surface area contributed by atoms with Crippen LogP contribution in [0.3, 0.4) is 0 Å². The van der Waals surface area contributed by atoms with Gasteiger partial charge in [-0.15, -0.1) is 0 Å². The Morgan fingerprint density at radius 2 is 1.76 bits per heavy atom. The van der Waals surface area contributed by atoms with Crippen molar-refractivity contribution in [2.45, 2.75) is 26.4 Å². The maximum Gasteiger partial charge on any atom is 0.259 e. The summed E-state index contributed by atoms with van der Waals surface area (Å²) in [6, 6.07) is 15.0. The van der Waals surface area contributed by atoms with Gasteiger partial charge in [0.15, 0.2) is 0 Å². The van der Waals surface area contributed by atoms with Crippen molar-refractivity contribution in [3.8, 4) is 11.5 Å². The van der Waals surface area contributed by atoms with Gasteiger partial charge in [-0.2, -0.15) is 0 Å². The Hall–Kier alpha value is -3.16. The smallest absolute Gasteiger partial charge is 0.259 e. The molecule has 34 heavy (non-hydrogen) atoms. The predicted molar refractivity (Wildman–Crippen MR) is 131 cm³/mol. The first-order chi connectivity index (χ1) is 16.4. The van der Waals surface area contributed by atoms with Crippen molar-refractivity contribution < 1.29 is 14.2 Å². The highest BCUT2D eigenvalue weighted by Gasteiger charge is 2.31. The van der Waals surface area contributed by atoms with Gasteiger partial charge in [0, 0.05) is 31.9 Å². The molecular weight excluding hydrogens is 433 g/mol. The lowest BCUT2D eigenvalue weighted by atomic mass is 9.95. The van der Waals surface area contributed by atoms with Crippen molar-refractivity contribution >= 4 is 0 Å². The summed E-state index contributed by atoms with van der Waals surface area (Å²) in [4.78, 5) is 18.4. The van der Waals surface area contributed by atoms with Crippen LogP contribution in [0.2, 0.25) is 0 Å². The molecule has 4 rings (SSSR count). The molecule has 0 amide bonds. The highest BCUT2D eigenvalue weighted by molar-refractivity contribution is 5.41. The molecule has 6 nitrogen and oxygen atoms in total. The summed E-state index contributed by atoms with van der Waals surface area (Å²) in [7, 11) is 1.61. The Bertz CT molecular complexity index is 1180. The number of hydrogen-bond acceptors (Lipinski definition) is 5. The van der Waals surface area contributed by atoms with Gasteiger partial charge in [-0.05, 0) is 54.9 Å². The average molecular weight is 466 g/mol. The van der Waals surface area contributed by atoms with Crippen LogP contribution in [0, 0.1) is 12.7 Å². The van der Waals surface area contributed by atoms with Gasteiger partial charge >= 0.3 is 0 Å². The number of pyridine rings is 1. The molecule has 0 saturated carbocycles. The molecule has 0 bridgehead atoms. The second-order valence-corrected chi connectivity index (χ2v) is 8.75. The van der Waals surface area contributed by atoms with Gasteiger partial charge in [0.2, 0.25) is 0 Å². The number of hydrogen-bond donors (Lipinski definition) is 1. The van der Waals surface area contributed by atoms with E-state index in [4.69, 9.17) is 4.74 Å². The lowest BCUT2D eigenvalue weighted by molar-refractivity contribution is 0.111. The molecule has 2 aromatic carbocycles. The molecule has 0 aliphatic carbocycles. The summed E-state index contributed by atoms with van der Waals surface area (Å²) in [5, 5.41) is 11.0. The summed E-state index contributed by atoms with van der Waals surface area (Å²) < 4.78 is 21.1. The minimum atomic E-state index is -0.537. The van der Waals surface area contributed by atoms with Gasteiger partial charge in [-0.1, -0.05) is 31.2 Å². The Balaban J connectivity index is 1.79. The minimum Gasteiger partial charge on any atom is -0.507 e. The zero-order chi connectivity index (χ0) is 24.2. The first-order valence-electron chi connectivity index (χ1n) is 11.7. The highest BCUT2D eigenvalue weighted by atomic mass is 19.1. The number of piperazine rings is 1. The molecule has 7 heteroatoms. The summed E-state index contributed by atoms with van der Waals surface area (Å²) >= 11 is 0. The van der Waals surface area contributed by atoms with E-state index in [0.29, 0.717) is 17.8 Å². The lowest BCUT2D eigenvalue weighted by Gasteiger charge is -2.39. The number of benzene rings is 2. The third-order valence-corrected chi connectivity index (χ3v) is 6.68. The maximum absolute atomic E-state index is 14.2. The van der Waals surface area contributed by atoms with Crippen LogP contribution < -0.4 is 10.3 Å². The van der Waals surface area contributed by atoms with Crippen molar-refractivity contribution in [2.75, 3.05) is 39.8 Å². The first-order valence-corrected chi connectivity index (χ1v) is 11.7. The molecule has 0 radical (unpaired) electrons. The molecule has 0 unspecified atom stereocenters. The molecule has 1 N–H and O–H groups in total. The highest BCUT2D eigenvalue weighted by Crippen LogP contribution is 2.33. The van der Waals surface area contributed by atoms with Crippen molar-refractivity contribution in [1.29, 1.82) is 0 Å². The van der Waals surface area contributed by atoms with E-state index < -0.39 is 6.04 Å². The van der Waals surface area contributed by atoms with E-state index in [-0.39, 0.29) is 22.7 Å². The van der Waals surface area contributed by atoms with E-state index in [2.05, 4.69) is 16.7 Å². The fraction of sp³-hybridized carbons (Fsp3) is 0.370. The molecule has 3 aromatic rings. The number of aromatic nitrogens is 1. The third kappa shape index (κ3) is 5.00. The van der Waals surface area contributed by atoms with Crippen LogP contribution in [0.15, 0.2) is 59.4 Å². The van der Waals surface area contributed by atoms with E-state index >= 15 is 0 Å². The molecule has 1 aliphatic rings. The van der Waals surface area contributed by atoms with Gasteiger partial charge in [0.05, 0.1) is 25.3 Å². The lowest BCUT2D eigenvalue weighted by Crippen LogP contribution is -2.48. The number of aromatic hydroxyl groups is 1. The Labute approximate surface area is 199 Å². The Kier molecular flexibility index (Phi) is 7.34. The van der Waals surface area contributed by atoms with Crippen LogP contribution in [0.4, 0.5) is 4.39 Å². The van der Waals surface area contributed by atoms with Crippen molar-refractivity contribution in [3.63, 3.8) is 0 Å². The van der Waals surface area contributed by atoms with Crippen LogP contribution in [0.5, 0.6) is 11.5 Å². The van der Waals surface area contributed by atoms with E-state index in [9.17, 15) is 14.3 Å². The Morgan fingerprint density at radius 1 is 1.06 bits per heavy atom. The van der Waals surface area contributed by atoms with Gasteiger partial charge < -0.3 is 19.3 Å². The van der Waals surface area contributed by atoms with Crippen molar-refractivity contribution in [2.24, 2.45) is 0 Å². The molecule has 0 spiro atoms. The van der Waals surface area contributed by atoms with Crippen LogP contribution >= 0.6 is 0 Å². The third-order valence-electron chi connectivity index (χ3n) is 6.68. The molecule has 1 aromatic heterocycles. The molecular formula is C27H32FN3O3. The molecule has 1 fully saturated rings. The molecule has 1 atom stereocenters. The van der Waals surface area contributed by atoms with Crippen molar-refractivity contribution in [1.82, 2.24) is 14.4 Å². The maximum atomic E-state index is 14.2. The van der Waals surface area contributed by atoms with Crippen molar-refractivity contribution in [3.05, 3.63) is 93.2 Å². The number of aryl methyl sites for hydroxylation is 1. The second-order valence-electron chi connectivity index (χ2n) is 8.75.